The van der Waals surface area contributed by atoms with Gasteiger partial charge in [-0.15, -0.1) is 0 Å². The molecule has 1 amide bonds. The number of rotatable bonds is 6. The third-order valence-corrected chi connectivity index (χ3v) is 5.17. The zero-order valence-corrected chi connectivity index (χ0v) is 13.7. The maximum absolute atomic E-state index is 12.4. The molecular weight excluding hydrogens is 320 g/mol. The number of carbonyl (C=O) groups excluding carboxylic acids is 1. The highest BCUT2D eigenvalue weighted by Crippen LogP contribution is 2.21. The molecule has 1 atom stereocenters. The zero-order valence-electron chi connectivity index (χ0n) is 12.9. The molecule has 0 spiro atoms. The standard InChI is InChI=1S/C15H20N2O5S/c1-2-10-23(21,22)16-12-7-5-11(6-8-12)14(18)17-9-3-4-13(17)15(19)20/h5-8,13,16H,2-4,9-10H2,1H3,(H,19,20). The molecule has 2 rings (SSSR count). The van der Waals surface area contributed by atoms with E-state index in [9.17, 15) is 18.0 Å². The number of likely N-dealkylation sites (tertiary alicyclic amines) is 1. The largest absolute Gasteiger partial charge is 0.480 e. The molecule has 1 saturated heterocycles. The van der Waals surface area contributed by atoms with E-state index >= 15 is 0 Å². The van der Waals surface area contributed by atoms with Crippen molar-refractivity contribution in [2.45, 2.75) is 32.2 Å². The third kappa shape index (κ3) is 4.22. The lowest BCUT2D eigenvalue weighted by atomic mass is 10.1. The van der Waals surface area contributed by atoms with Crippen LogP contribution in [-0.4, -0.2) is 48.6 Å². The number of anilines is 1. The van der Waals surface area contributed by atoms with E-state index in [4.69, 9.17) is 5.11 Å². The lowest BCUT2D eigenvalue weighted by Crippen LogP contribution is -2.40. The summed E-state index contributed by atoms with van der Waals surface area (Å²) in [7, 11) is -3.38. The summed E-state index contributed by atoms with van der Waals surface area (Å²) in [5, 5.41) is 9.13. The maximum atomic E-state index is 12.4. The van der Waals surface area contributed by atoms with Crippen LogP contribution in [0, 0.1) is 0 Å². The van der Waals surface area contributed by atoms with Gasteiger partial charge in [-0.25, -0.2) is 13.2 Å². The average molecular weight is 340 g/mol. The lowest BCUT2D eigenvalue weighted by Gasteiger charge is -2.21. The summed E-state index contributed by atoms with van der Waals surface area (Å²) in [6.07, 6.45) is 1.63. The minimum Gasteiger partial charge on any atom is -0.480 e. The van der Waals surface area contributed by atoms with Crippen LogP contribution >= 0.6 is 0 Å². The van der Waals surface area contributed by atoms with E-state index in [2.05, 4.69) is 4.72 Å². The molecule has 1 aromatic carbocycles. The third-order valence-electron chi connectivity index (χ3n) is 3.68. The summed E-state index contributed by atoms with van der Waals surface area (Å²) in [6, 6.07) is 5.23. The number of nitrogens with one attached hydrogen (secondary N) is 1. The van der Waals surface area contributed by atoms with E-state index in [0.717, 1.165) is 0 Å². The molecule has 0 radical (unpaired) electrons. The molecule has 0 aromatic heterocycles. The van der Waals surface area contributed by atoms with Crippen LogP contribution in [0.25, 0.3) is 0 Å². The second kappa shape index (κ2) is 6.99. The molecule has 0 bridgehead atoms. The van der Waals surface area contributed by atoms with Crippen LogP contribution in [0.1, 0.15) is 36.5 Å². The average Bonchev–Trinajstić information content (AvgIpc) is 2.96. The number of sulfonamides is 1. The van der Waals surface area contributed by atoms with E-state index in [1.807, 2.05) is 0 Å². The van der Waals surface area contributed by atoms with Crippen LogP contribution in [0.4, 0.5) is 5.69 Å². The van der Waals surface area contributed by atoms with Crippen LogP contribution in [0.15, 0.2) is 24.3 Å². The van der Waals surface area contributed by atoms with Gasteiger partial charge in [0.05, 0.1) is 5.75 Å². The van der Waals surface area contributed by atoms with Gasteiger partial charge in [0.25, 0.3) is 5.91 Å². The van der Waals surface area contributed by atoms with Crippen molar-refractivity contribution in [3.63, 3.8) is 0 Å². The van der Waals surface area contributed by atoms with Crippen LogP contribution in [0.5, 0.6) is 0 Å². The number of hydrogen-bond donors (Lipinski definition) is 2. The summed E-state index contributed by atoms with van der Waals surface area (Å²) in [5.74, 6) is -1.32. The monoisotopic (exact) mass is 340 g/mol. The molecule has 1 unspecified atom stereocenters. The molecule has 126 valence electrons. The number of nitrogens with zero attached hydrogens (tertiary/aromatic N) is 1. The van der Waals surface area contributed by atoms with E-state index in [-0.39, 0.29) is 11.7 Å². The van der Waals surface area contributed by atoms with Crippen molar-refractivity contribution >= 4 is 27.6 Å². The molecule has 23 heavy (non-hydrogen) atoms. The quantitative estimate of drug-likeness (QED) is 0.817. The number of carboxylic acid groups (broad SMARTS) is 1. The number of benzene rings is 1. The number of hydrogen-bond acceptors (Lipinski definition) is 4. The van der Waals surface area contributed by atoms with E-state index in [0.29, 0.717) is 37.1 Å². The van der Waals surface area contributed by atoms with Crippen molar-refractivity contribution < 1.29 is 23.1 Å². The number of carboxylic acids is 1. The van der Waals surface area contributed by atoms with Gasteiger partial charge in [-0.2, -0.15) is 0 Å². The summed E-state index contributed by atoms with van der Waals surface area (Å²) in [5.41, 5.74) is 0.725. The Morgan fingerprint density at radius 2 is 1.96 bits per heavy atom. The van der Waals surface area contributed by atoms with Crippen LogP contribution in [0.3, 0.4) is 0 Å². The first-order valence-electron chi connectivity index (χ1n) is 7.48. The van der Waals surface area contributed by atoms with Crippen LogP contribution in [-0.2, 0) is 14.8 Å². The molecule has 1 heterocycles. The van der Waals surface area contributed by atoms with E-state index in [1.54, 1.807) is 6.92 Å². The predicted octanol–water partition coefficient (Wildman–Crippen LogP) is 1.53. The highest BCUT2D eigenvalue weighted by Gasteiger charge is 2.34. The van der Waals surface area contributed by atoms with Crippen molar-refractivity contribution in [3.8, 4) is 0 Å². The second-order valence-corrected chi connectivity index (χ2v) is 7.33. The molecule has 2 N–H and O–H groups in total. The molecule has 1 aliphatic heterocycles. The summed E-state index contributed by atoms with van der Waals surface area (Å²) in [6.45, 7) is 2.19. The Morgan fingerprint density at radius 1 is 1.30 bits per heavy atom. The van der Waals surface area contributed by atoms with Gasteiger partial charge < -0.3 is 10.0 Å². The molecule has 8 heteroatoms. The van der Waals surface area contributed by atoms with E-state index in [1.165, 1.54) is 29.2 Å². The van der Waals surface area contributed by atoms with Crippen molar-refractivity contribution in [1.82, 2.24) is 4.90 Å². The van der Waals surface area contributed by atoms with E-state index < -0.39 is 22.0 Å². The topological polar surface area (TPSA) is 104 Å². The summed E-state index contributed by atoms with van der Waals surface area (Å²) < 4.78 is 25.8. The molecule has 7 nitrogen and oxygen atoms in total. The first kappa shape index (κ1) is 17.3. The van der Waals surface area contributed by atoms with Gasteiger partial charge in [0.1, 0.15) is 6.04 Å². The fraction of sp³-hybridized carbons (Fsp3) is 0.467. The second-order valence-electron chi connectivity index (χ2n) is 5.49. The summed E-state index contributed by atoms with van der Waals surface area (Å²) in [4.78, 5) is 24.9. The minimum atomic E-state index is -3.38. The smallest absolute Gasteiger partial charge is 0.326 e. The number of amides is 1. The van der Waals surface area contributed by atoms with Crippen molar-refractivity contribution in [2.24, 2.45) is 0 Å². The minimum absolute atomic E-state index is 0.0295. The van der Waals surface area contributed by atoms with Crippen LogP contribution < -0.4 is 4.72 Å². The Bertz CT molecular complexity index is 684. The maximum Gasteiger partial charge on any atom is 0.326 e. The van der Waals surface area contributed by atoms with Crippen LogP contribution in [0.2, 0.25) is 0 Å². The van der Waals surface area contributed by atoms with Crippen molar-refractivity contribution in [3.05, 3.63) is 29.8 Å². The fourth-order valence-corrected chi connectivity index (χ4v) is 3.75. The van der Waals surface area contributed by atoms with Gasteiger partial charge in [0.15, 0.2) is 0 Å². The lowest BCUT2D eigenvalue weighted by molar-refractivity contribution is -0.141. The zero-order chi connectivity index (χ0) is 17.0. The van der Waals surface area contributed by atoms with Crippen molar-refractivity contribution in [1.29, 1.82) is 0 Å². The molecule has 0 aliphatic carbocycles. The Balaban J connectivity index is 2.10. The summed E-state index contributed by atoms with van der Waals surface area (Å²) >= 11 is 0. The Hall–Kier alpha value is -2.09. The molecule has 0 saturated carbocycles. The molecule has 1 aliphatic rings. The fourth-order valence-electron chi connectivity index (χ4n) is 2.61. The van der Waals surface area contributed by atoms with Gasteiger partial charge in [0, 0.05) is 17.8 Å². The Kier molecular flexibility index (Phi) is 5.25. The van der Waals surface area contributed by atoms with Gasteiger partial charge in [-0.05, 0) is 43.5 Å². The van der Waals surface area contributed by atoms with Gasteiger partial charge >= 0.3 is 5.97 Å². The molecule has 1 aromatic rings. The van der Waals surface area contributed by atoms with Gasteiger partial charge in [0.2, 0.25) is 10.0 Å². The highest BCUT2D eigenvalue weighted by atomic mass is 32.2. The van der Waals surface area contributed by atoms with Gasteiger partial charge in [-0.1, -0.05) is 6.92 Å². The molecule has 1 fully saturated rings. The predicted molar refractivity (Wildman–Crippen MR) is 85.8 cm³/mol. The van der Waals surface area contributed by atoms with Gasteiger partial charge in [-0.3, -0.25) is 9.52 Å². The molecular formula is C15H20N2O5S. The normalized spacial score (nSPS) is 18.0. The van der Waals surface area contributed by atoms with Crippen molar-refractivity contribution in [2.75, 3.05) is 17.0 Å². The number of carbonyl (C=O) groups is 2. The highest BCUT2D eigenvalue weighted by molar-refractivity contribution is 7.92. The first-order valence-corrected chi connectivity index (χ1v) is 9.13. The Morgan fingerprint density at radius 3 is 2.52 bits per heavy atom. The first-order chi connectivity index (χ1) is 10.8. The SMILES string of the molecule is CCCS(=O)(=O)Nc1ccc(C(=O)N2CCCC2C(=O)O)cc1. The Labute approximate surface area is 135 Å². The number of aliphatic carboxylic acids is 1.